The van der Waals surface area contributed by atoms with Gasteiger partial charge < -0.3 is 54.9 Å². The van der Waals surface area contributed by atoms with Gasteiger partial charge in [0.05, 0.1) is 13.0 Å². The summed E-state index contributed by atoms with van der Waals surface area (Å²) in [7, 11) is 1.47. The van der Waals surface area contributed by atoms with Gasteiger partial charge in [-0.3, -0.25) is 6.08 Å². The molecule has 0 bridgehead atoms. The molecule has 146 valence electrons. The number of nitrogens with one attached hydrogen (secondary N) is 1. The van der Waals surface area contributed by atoms with Crippen LogP contribution in [0, 0.1) is 26.8 Å². The first kappa shape index (κ1) is 40.4. The third-order valence-electron chi connectivity index (χ3n) is 3.59. The molecule has 0 aromatic heterocycles. The molecule has 0 aliphatic heterocycles. The van der Waals surface area contributed by atoms with E-state index in [-0.39, 0.29) is 76.8 Å². The fourth-order valence-electron chi connectivity index (χ4n) is 1.99. The van der Waals surface area contributed by atoms with Crippen LogP contribution < -0.4 is 29.6 Å². The van der Waals surface area contributed by atoms with E-state index >= 15 is 0 Å². The summed E-state index contributed by atoms with van der Waals surface area (Å²) in [5.41, 5.74) is 11.4. The fraction of sp³-hybridized carbons (Fsp3) is 0.316. The largest absolute Gasteiger partial charge is 2.00 e. The molecule has 1 aliphatic rings. The van der Waals surface area contributed by atoms with E-state index in [4.69, 9.17) is 10.5 Å². The van der Waals surface area contributed by atoms with E-state index in [2.05, 4.69) is 33.8 Å². The predicted molar refractivity (Wildman–Crippen MR) is 100 cm³/mol. The zero-order valence-corrected chi connectivity index (χ0v) is 21.4. The first-order valence-corrected chi connectivity index (χ1v) is 6.55. The van der Waals surface area contributed by atoms with Gasteiger partial charge in [0.2, 0.25) is 0 Å². The van der Waals surface area contributed by atoms with Crippen LogP contribution in [0.15, 0.2) is 41.0 Å². The number of carbonyl (C=O) groups excluding carboxylic acids is 1. The van der Waals surface area contributed by atoms with Gasteiger partial charge in [-0.1, -0.05) is 38.8 Å². The Morgan fingerprint density at radius 2 is 1.58 bits per heavy atom. The number of carbonyl (C=O) groups is 1. The molecular weight excluding hydrogens is 464 g/mol. The number of para-hydroxylation sites is 1. The maximum Gasteiger partial charge on any atom is 2.00 e. The fourth-order valence-corrected chi connectivity index (χ4v) is 1.99. The summed E-state index contributed by atoms with van der Waals surface area (Å²) in [6.07, 6.45) is 3.36. The molecule has 26 heavy (non-hydrogen) atoms. The van der Waals surface area contributed by atoms with Gasteiger partial charge in [-0.05, 0) is 12.1 Å². The molecule has 1 aliphatic carbocycles. The molecule has 0 heterocycles. The van der Waals surface area contributed by atoms with E-state index in [1.165, 1.54) is 23.8 Å². The average Bonchev–Trinajstić information content (AvgIpc) is 2.66. The predicted octanol–water partition coefficient (Wildman–Crippen LogP) is -0.865. The van der Waals surface area contributed by atoms with Crippen molar-refractivity contribution in [1.29, 1.82) is 0 Å². The Hall–Kier alpha value is -0.350. The van der Waals surface area contributed by atoms with Crippen molar-refractivity contribution in [2.75, 3.05) is 7.11 Å². The number of benzene rings is 1. The third kappa shape index (κ3) is 11.4. The SMILES string of the molecule is CC1=[C-]C(C)C(C)=C1C.COc1ccccc1C([NH-])=O.[CH3-].[CH3-].[Cl-].[Cl-].[Si].[Zr+2]. The first-order chi connectivity index (χ1) is 9.38. The first-order valence-electron chi connectivity index (χ1n) is 6.55. The zero-order valence-electron chi connectivity index (χ0n) is 16.5. The second kappa shape index (κ2) is 19.4. The minimum absolute atomic E-state index is 0. The Kier molecular flexibility index (Phi) is 30.1. The molecule has 0 saturated carbocycles. The maximum atomic E-state index is 10.6. The van der Waals surface area contributed by atoms with E-state index in [1.54, 1.807) is 24.3 Å². The third-order valence-corrected chi connectivity index (χ3v) is 3.59. The van der Waals surface area contributed by atoms with Crippen LogP contribution in [0.2, 0.25) is 0 Å². The van der Waals surface area contributed by atoms with E-state index in [0.29, 0.717) is 17.2 Å². The van der Waals surface area contributed by atoms with Gasteiger partial charge in [-0.25, -0.2) is 5.57 Å². The normalized spacial score (nSPS) is 13.3. The molecule has 1 atom stereocenters. The summed E-state index contributed by atoms with van der Waals surface area (Å²) in [4.78, 5) is 10.6. The van der Waals surface area contributed by atoms with Crippen molar-refractivity contribution in [1.82, 2.24) is 0 Å². The summed E-state index contributed by atoms with van der Waals surface area (Å²) in [6, 6.07) is 6.67. The Labute approximate surface area is 196 Å². The van der Waals surface area contributed by atoms with Gasteiger partial charge in [-0.2, -0.15) is 11.1 Å². The molecule has 1 aromatic carbocycles. The molecule has 0 saturated heterocycles. The van der Waals surface area contributed by atoms with E-state index in [9.17, 15) is 4.79 Å². The van der Waals surface area contributed by atoms with Crippen molar-refractivity contribution in [3.05, 3.63) is 73.2 Å². The second-order valence-corrected chi connectivity index (χ2v) is 4.83. The van der Waals surface area contributed by atoms with Gasteiger partial charge in [0.15, 0.2) is 0 Å². The number of methoxy groups -OCH3 is 1. The number of hydrogen-bond acceptors (Lipinski definition) is 2. The second-order valence-electron chi connectivity index (χ2n) is 4.83. The smallest absolute Gasteiger partial charge is 1.00 e. The number of allylic oxidation sites excluding steroid dienone is 4. The van der Waals surface area contributed by atoms with Crippen LogP contribution in [0.1, 0.15) is 38.1 Å². The van der Waals surface area contributed by atoms with Crippen LogP contribution in [0.3, 0.4) is 0 Å². The molecular formula is C19H27Cl2NO2SiZr-4. The van der Waals surface area contributed by atoms with Crippen LogP contribution in [0.25, 0.3) is 5.73 Å². The standard InChI is InChI=1S/C9H13.C8H9NO2.2CH3.2ClH.Si.Zr/c1-6-5-7(2)9(4)8(6)3;1-11-7-5-3-2-4-6(7)8(9)10;;;;;;/h6H,1-4H3;2-5H,1H3,(H2,9,10);2*1H3;2*1H;;/q-1;;2*-1;;;;+2/p-3. The van der Waals surface area contributed by atoms with Crippen molar-refractivity contribution in [3.63, 3.8) is 0 Å². The van der Waals surface area contributed by atoms with Crippen LogP contribution in [-0.2, 0) is 26.2 Å². The summed E-state index contributed by atoms with van der Waals surface area (Å²) >= 11 is 0. The van der Waals surface area contributed by atoms with Crippen LogP contribution >= 0.6 is 0 Å². The Bertz CT molecular complexity index is 578. The Morgan fingerprint density at radius 3 is 1.81 bits per heavy atom. The molecule has 4 radical (unpaired) electrons. The molecule has 3 nitrogen and oxygen atoms in total. The molecule has 0 spiro atoms. The van der Waals surface area contributed by atoms with Crippen molar-refractivity contribution in [2.45, 2.75) is 27.7 Å². The summed E-state index contributed by atoms with van der Waals surface area (Å²) in [5, 5.41) is 0. The van der Waals surface area contributed by atoms with Crippen molar-refractivity contribution >= 4 is 16.9 Å². The number of amides is 1. The van der Waals surface area contributed by atoms with Gasteiger partial charge in [-0.15, -0.1) is 6.92 Å². The van der Waals surface area contributed by atoms with Crippen molar-refractivity contribution in [3.8, 4) is 5.75 Å². The van der Waals surface area contributed by atoms with Crippen LogP contribution in [0.5, 0.6) is 5.75 Å². The van der Waals surface area contributed by atoms with Crippen molar-refractivity contribution in [2.24, 2.45) is 5.92 Å². The van der Waals surface area contributed by atoms with Gasteiger partial charge in [0.25, 0.3) is 0 Å². The van der Waals surface area contributed by atoms with Crippen molar-refractivity contribution < 1.29 is 60.5 Å². The van der Waals surface area contributed by atoms with Crippen LogP contribution in [-0.4, -0.2) is 24.0 Å². The summed E-state index contributed by atoms with van der Waals surface area (Å²) in [6.45, 7) is 8.67. The average molecular weight is 492 g/mol. The van der Waals surface area contributed by atoms with Gasteiger partial charge in [0, 0.05) is 16.5 Å². The molecule has 1 aromatic rings. The number of ether oxygens (including phenoxy) is 1. The van der Waals surface area contributed by atoms with Crippen LogP contribution in [0.4, 0.5) is 0 Å². The summed E-state index contributed by atoms with van der Waals surface area (Å²) < 4.78 is 4.87. The topological polar surface area (TPSA) is 50.1 Å². The minimum Gasteiger partial charge on any atom is -1.00 e. The van der Waals surface area contributed by atoms with Gasteiger partial charge >= 0.3 is 26.2 Å². The molecule has 1 N–H and O–H groups in total. The van der Waals surface area contributed by atoms with E-state index < -0.39 is 5.91 Å². The minimum atomic E-state index is -0.720. The van der Waals surface area contributed by atoms with E-state index in [1.807, 2.05) is 0 Å². The number of hydrogen-bond donors (Lipinski definition) is 0. The molecule has 2 rings (SSSR count). The van der Waals surface area contributed by atoms with E-state index in [0.717, 1.165) is 0 Å². The van der Waals surface area contributed by atoms with Gasteiger partial charge in [0.1, 0.15) is 5.75 Å². The quantitative estimate of drug-likeness (QED) is 0.399. The molecule has 1 amide bonds. The Balaban J connectivity index is -0.0000000631. The molecule has 0 fully saturated rings. The zero-order chi connectivity index (χ0) is 15.3. The summed E-state index contributed by atoms with van der Waals surface area (Å²) in [5.74, 6) is 0.292. The monoisotopic (exact) mass is 489 g/mol. The maximum absolute atomic E-state index is 10.6. The Morgan fingerprint density at radius 1 is 1.12 bits per heavy atom. The number of rotatable bonds is 2. The molecule has 7 heteroatoms. The number of halogens is 2. The molecule has 1 unspecified atom stereocenters.